The zero-order chi connectivity index (χ0) is 24.9. The lowest BCUT2D eigenvalue weighted by Crippen LogP contribution is -2.41. The van der Waals surface area contributed by atoms with Crippen LogP contribution < -0.4 is 10.1 Å². The number of carbonyl (C=O) groups excluding carboxylic acids is 1. The summed E-state index contributed by atoms with van der Waals surface area (Å²) in [5, 5.41) is 3.53. The highest BCUT2D eigenvalue weighted by Gasteiger charge is 2.27. The Morgan fingerprint density at radius 3 is 2.26 bits per heavy atom. The highest BCUT2D eigenvalue weighted by molar-refractivity contribution is 9.10. The van der Waals surface area contributed by atoms with Crippen LogP contribution in [0.25, 0.3) is 0 Å². The monoisotopic (exact) mass is 584 g/mol. The first kappa shape index (κ1) is 26.5. The van der Waals surface area contributed by atoms with E-state index in [0.717, 1.165) is 14.3 Å². The van der Waals surface area contributed by atoms with Gasteiger partial charge in [0.1, 0.15) is 5.75 Å². The fourth-order valence-electron chi connectivity index (χ4n) is 3.25. The van der Waals surface area contributed by atoms with Crippen LogP contribution in [-0.4, -0.2) is 32.3 Å². The van der Waals surface area contributed by atoms with Gasteiger partial charge in [-0.05, 0) is 66.6 Å². The molecule has 6 nitrogen and oxygen atoms in total. The molecule has 0 saturated carbocycles. The van der Waals surface area contributed by atoms with E-state index in [9.17, 15) is 13.2 Å². The van der Waals surface area contributed by atoms with Gasteiger partial charge in [0.05, 0.1) is 34.6 Å². The summed E-state index contributed by atoms with van der Waals surface area (Å²) < 4.78 is 33.9. The van der Waals surface area contributed by atoms with Gasteiger partial charge in [-0.15, -0.1) is 0 Å². The SMILES string of the molecule is COc1ccc(C(C)NC(=O)CN(Cc2ccc(Cl)c(Cl)c2)S(=O)(=O)c2ccc(Br)cc2)cc1. The number of sulfonamides is 1. The number of ether oxygens (including phenoxy) is 1. The topological polar surface area (TPSA) is 75.7 Å². The Balaban J connectivity index is 1.83. The van der Waals surface area contributed by atoms with E-state index in [4.69, 9.17) is 27.9 Å². The van der Waals surface area contributed by atoms with E-state index >= 15 is 0 Å². The summed E-state index contributed by atoms with van der Waals surface area (Å²) in [6, 6.07) is 18.0. The van der Waals surface area contributed by atoms with E-state index in [1.807, 2.05) is 19.1 Å². The smallest absolute Gasteiger partial charge is 0.243 e. The Morgan fingerprint density at radius 2 is 1.68 bits per heavy atom. The van der Waals surface area contributed by atoms with E-state index in [2.05, 4.69) is 21.2 Å². The highest BCUT2D eigenvalue weighted by Crippen LogP contribution is 2.26. The third-order valence-corrected chi connectivity index (χ3v) is 8.18. The van der Waals surface area contributed by atoms with Crippen molar-refractivity contribution in [2.24, 2.45) is 0 Å². The third kappa shape index (κ3) is 6.73. The van der Waals surface area contributed by atoms with Gasteiger partial charge in [-0.3, -0.25) is 4.79 Å². The Hall–Kier alpha value is -2.10. The Labute approximate surface area is 218 Å². The third-order valence-electron chi connectivity index (χ3n) is 5.11. The van der Waals surface area contributed by atoms with Gasteiger partial charge in [-0.1, -0.05) is 57.3 Å². The van der Waals surface area contributed by atoms with Crippen molar-refractivity contribution >= 4 is 55.1 Å². The number of nitrogens with one attached hydrogen (secondary N) is 1. The molecule has 0 radical (unpaired) electrons. The fraction of sp³-hybridized carbons (Fsp3) is 0.208. The first-order chi connectivity index (χ1) is 16.1. The molecule has 0 aliphatic heterocycles. The molecule has 3 rings (SSSR count). The molecule has 34 heavy (non-hydrogen) atoms. The maximum absolute atomic E-state index is 13.4. The van der Waals surface area contributed by atoms with Crippen LogP contribution in [0.3, 0.4) is 0 Å². The van der Waals surface area contributed by atoms with E-state index in [1.165, 1.54) is 12.1 Å². The summed E-state index contributed by atoms with van der Waals surface area (Å²) in [5.41, 5.74) is 1.46. The molecule has 0 saturated heterocycles. The van der Waals surface area contributed by atoms with E-state index < -0.39 is 15.9 Å². The predicted molar refractivity (Wildman–Crippen MR) is 138 cm³/mol. The van der Waals surface area contributed by atoms with Crippen LogP contribution in [0.2, 0.25) is 10.0 Å². The lowest BCUT2D eigenvalue weighted by atomic mass is 10.1. The minimum Gasteiger partial charge on any atom is -0.497 e. The molecule has 0 fully saturated rings. The number of hydrogen-bond acceptors (Lipinski definition) is 4. The molecule has 180 valence electrons. The van der Waals surface area contributed by atoms with Crippen LogP contribution in [0, 0.1) is 0 Å². The zero-order valence-corrected chi connectivity index (χ0v) is 22.4. The van der Waals surface area contributed by atoms with Crippen LogP contribution in [0.5, 0.6) is 5.75 Å². The molecule has 10 heteroatoms. The molecule has 0 aromatic heterocycles. The van der Waals surface area contributed by atoms with Gasteiger partial charge in [-0.2, -0.15) is 4.31 Å². The van der Waals surface area contributed by atoms with E-state index in [-0.39, 0.29) is 24.0 Å². The van der Waals surface area contributed by atoms with Crippen LogP contribution in [-0.2, 0) is 21.4 Å². The second kappa shape index (κ2) is 11.6. The van der Waals surface area contributed by atoms with E-state index in [1.54, 1.807) is 49.6 Å². The van der Waals surface area contributed by atoms with Crippen LogP contribution in [0.4, 0.5) is 0 Å². The van der Waals surface area contributed by atoms with Gasteiger partial charge in [0.2, 0.25) is 15.9 Å². The quantitative estimate of drug-likeness (QED) is 0.343. The molecule has 1 N–H and O–H groups in total. The minimum atomic E-state index is -3.98. The van der Waals surface area contributed by atoms with Crippen molar-refractivity contribution in [3.05, 3.63) is 92.4 Å². The first-order valence-corrected chi connectivity index (χ1v) is 13.2. The van der Waals surface area contributed by atoms with Crippen LogP contribution >= 0.6 is 39.1 Å². The van der Waals surface area contributed by atoms with Crippen LogP contribution in [0.15, 0.2) is 76.1 Å². The summed E-state index contributed by atoms with van der Waals surface area (Å²) in [6.07, 6.45) is 0. The summed E-state index contributed by atoms with van der Waals surface area (Å²) in [5.74, 6) is 0.264. The molecule has 3 aromatic rings. The van der Waals surface area contributed by atoms with Gasteiger partial charge in [0, 0.05) is 11.0 Å². The molecule has 1 unspecified atom stereocenters. The average Bonchev–Trinajstić information content (AvgIpc) is 2.81. The number of amides is 1. The maximum Gasteiger partial charge on any atom is 0.243 e. The predicted octanol–water partition coefficient (Wildman–Crippen LogP) is 5.83. The zero-order valence-electron chi connectivity index (χ0n) is 18.5. The number of halogens is 3. The fourth-order valence-corrected chi connectivity index (χ4v) is 5.22. The second-order valence-corrected chi connectivity index (χ2v) is 11.2. The Kier molecular flexibility index (Phi) is 9.01. The number of hydrogen-bond donors (Lipinski definition) is 1. The second-order valence-electron chi connectivity index (χ2n) is 7.54. The molecule has 1 atom stereocenters. The van der Waals surface area contributed by atoms with Gasteiger partial charge >= 0.3 is 0 Å². The normalized spacial score (nSPS) is 12.4. The molecular weight excluding hydrogens is 563 g/mol. The number of rotatable bonds is 9. The largest absolute Gasteiger partial charge is 0.497 e. The molecule has 0 spiro atoms. The van der Waals surface area contributed by atoms with Gasteiger partial charge in [0.25, 0.3) is 0 Å². The standard InChI is InChI=1S/C24H23BrCl2N2O4S/c1-16(18-4-8-20(33-2)9-5-18)28-24(30)15-29(14-17-3-12-22(26)23(27)13-17)34(31,32)21-10-6-19(25)7-11-21/h3-13,16H,14-15H2,1-2H3,(H,28,30). The summed E-state index contributed by atoms with van der Waals surface area (Å²) in [4.78, 5) is 13.0. The lowest BCUT2D eigenvalue weighted by molar-refractivity contribution is -0.122. The van der Waals surface area contributed by atoms with Crippen molar-refractivity contribution in [2.45, 2.75) is 24.4 Å². The molecule has 1 amide bonds. The lowest BCUT2D eigenvalue weighted by Gasteiger charge is -2.23. The van der Waals surface area contributed by atoms with Gasteiger partial charge in [-0.25, -0.2) is 8.42 Å². The summed E-state index contributed by atoms with van der Waals surface area (Å²) >= 11 is 15.4. The number of nitrogens with zero attached hydrogens (tertiary/aromatic N) is 1. The van der Waals surface area contributed by atoms with Crippen molar-refractivity contribution in [3.8, 4) is 5.75 Å². The van der Waals surface area contributed by atoms with Crippen molar-refractivity contribution in [1.82, 2.24) is 9.62 Å². The summed E-state index contributed by atoms with van der Waals surface area (Å²) in [6.45, 7) is 1.39. The number of methoxy groups -OCH3 is 1. The molecular formula is C24H23BrCl2N2O4S. The molecule has 0 aliphatic carbocycles. The highest BCUT2D eigenvalue weighted by atomic mass is 79.9. The molecule has 0 bridgehead atoms. The van der Waals surface area contributed by atoms with Crippen molar-refractivity contribution in [3.63, 3.8) is 0 Å². The van der Waals surface area contributed by atoms with Crippen molar-refractivity contribution < 1.29 is 17.9 Å². The average molecular weight is 586 g/mol. The Bertz CT molecular complexity index is 1250. The van der Waals surface area contributed by atoms with E-state index in [0.29, 0.717) is 21.4 Å². The van der Waals surface area contributed by atoms with Gasteiger partial charge in [0.15, 0.2) is 0 Å². The molecule has 3 aromatic carbocycles. The number of carbonyl (C=O) groups is 1. The van der Waals surface area contributed by atoms with Crippen molar-refractivity contribution in [1.29, 1.82) is 0 Å². The Morgan fingerprint density at radius 1 is 1.03 bits per heavy atom. The first-order valence-electron chi connectivity index (χ1n) is 10.2. The van der Waals surface area contributed by atoms with Gasteiger partial charge < -0.3 is 10.1 Å². The summed E-state index contributed by atoms with van der Waals surface area (Å²) in [7, 11) is -2.41. The molecule has 0 aliphatic rings. The van der Waals surface area contributed by atoms with Crippen molar-refractivity contribution in [2.75, 3.05) is 13.7 Å². The molecule has 0 heterocycles. The van der Waals surface area contributed by atoms with Crippen LogP contribution in [0.1, 0.15) is 24.1 Å². The minimum absolute atomic E-state index is 0.0559. The maximum atomic E-state index is 13.4. The number of benzene rings is 3.